The standard InChI is InChI=1S/C19H18N2O4/c22-18-10-14(13-3-1-2-4-15(13)21-18)19(23)20-11-12-5-6-16-17(9-12)25-8-7-24-16/h1-6,9,14H,7-8,10-11H2,(H,20,23)(H,21,22). The highest BCUT2D eigenvalue weighted by atomic mass is 16.6. The molecule has 25 heavy (non-hydrogen) atoms. The van der Waals surface area contributed by atoms with Crippen molar-refractivity contribution in [2.24, 2.45) is 0 Å². The van der Waals surface area contributed by atoms with Gasteiger partial charge in [0.15, 0.2) is 11.5 Å². The summed E-state index contributed by atoms with van der Waals surface area (Å²) in [5.74, 6) is 0.650. The highest BCUT2D eigenvalue weighted by molar-refractivity contribution is 6.01. The molecule has 2 aliphatic heterocycles. The molecular weight excluding hydrogens is 320 g/mol. The third kappa shape index (κ3) is 3.15. The Morgan fingerprint density at radius 1 is 1.12 bits per heavy atom. The molecular formula is C19H18N2O4. The van der Waals surface area contributed by atoms with E-state index in [1.54, 1.807) is 0 Å². The number of benzene rings is 2. The largest absolute Gasteiger partial charge is 0.486 e. The van der Waals surface area contributed by atoms with E-state index >= 15 is 0 Å². The van der Waals surface area contributed by atoms with Crippen LogP contribution in [0.2, 0.25) is 0 Å². The third-order valence-electron chi connectivity index (χ3n) is 4.39. The lowest BCUT2D eigenvalue weighted by Crippen LogP contribution is -2.34. The van der Waals surface area contributed by atoms with E-state index in [0.29, 0.717) is 31.2 Å². The van der Waals surface area contributed by atoms with Crippen LogP contribution in [0.3, 0.4) is 0 Å². The molecule has 2 aromatic carbocycles. The van der Waals surface area contributed by atoms with E-state index in [2.05, 4.69) is 10.6 Å². The normalized spacial score (nSPS) is 18.1. The fraction of sp³-hybridized carbons (Fsp3) is 0.263. The van der Waals surface area contributed by atoms with E-state index in [-0.39, 0.29) is 18.2 Å². The maximum Gasteiger partial charge on any atom is 0.228 e. The number of hydrogen-bond donors (Lipinski definition) is 2. The Kier molecular flexibility index (Phi) is 4.01. The second kappa shape index (κ2) is 6.47. The van der Waals surface area contributed by atoms with Gasteiger partial charge in [0.25, 0.3) is 0 Å². The summed E-state index contributed by atoms with van der Waals surface area (Å²) in [6, 6.07) is 13.0. The molecule has 0 saturated carbocycles. The Balaban J connectivity index is 1.47. The number of anilines is 1. The molecule has 2 aromatic rings. The fourth-order valence-corrected chi connectivity index (χ4v) is 3.16. The predicted molar refractivity (Wildman–Crippen MR) is 91.7 cm³/mol. The molecule has 2 N–H and O–H groups in total. The van der Waals surface area contributed by atoms with Crippen molar-refractivity contribution in [2.75, 3.05) is 18.5 Å². The average molecular weight is 338 g/mol. The number of amides is 2. The van der Waals surface area contributed by atoms with Gasteiger partial charge in [0.05, 0.1) is 5.92 Å². The van der Waals surface area contributed by atoms with Crippen molar-refractivity contribution in [2.45, 2.75) is 18.9 Å². The molecule has 2 amide bonds. The molecule has 0 spiro atoms. The zero-order valence-electron chi connectivity index (χ0n) is 13.6. The molecule has 0 aromatic heterocycles. The van der Waals surface area contributed by atoms with Gasteiger partial charge in [-0.25, -0.2) is 0 Å². The Labute approximate surface area is 145 Å². The quantitative estimate of drug-likeness (QED) is 0.899. The molecule has 0 bridgehead atoms. The number of carbonyl (C=O) groups excluding carboxylic acids is 2. The van der Waals surface area contributed by atoms with Crippen molar-refractivity contribution >= 4 is 17.5 Å². The van der Waals surface area contributed by atoms with Crippen LogP contribution in [0.4, 0.5) is 5.69 Å². The summed E-state index contributed by atoms with van der Waals surface area (Å²) in [4.78, 5) is 24.5. The number of para-hydroxylation sites is 1. The van der Waals surface area contributed by atoms with Crippen LogP contribution in [0.5, 0.6) is 11.5 Å². The van der Waals surface area contributed by atoms with Gasteiger partial charge in [-0.05, 0) is 29.3 Å². The number of hydrogen-bond acceptors (Lipinski definition) is 4. The maximum atomic E-state index is 12.6. The summed E-state index contributed by atoms with van der Waals surface area (Å²) >= 11 is 0. The zero-order chi connectivity index (χ0) is 17.2. The number of fused-ring (bicyclic) bond motifs is 2. The lowest BCUT2D eigenvalue weighted by Gasteiger charge is -2.25. The smallest absolute Gasteiger partial charge is 0.228 e. The molecule has 1 unspecified atom stereocenters. The Hall–Kier alpha value is -3.02. The summed E-state index contributed by atoms with van der Waals surface area (Å²) in [6.45, 7) is 1.44. The van der Waals surface area contributed by atoms with Crippen molar-refractivity contribution in [1.82, 2.24) is 5.32 Å². The monoisotopic (exact) mass is 338 g/mol. The third-order valence-corrected chi connectivity index (χ3v) is 4.39. The molecule has 6 nitrogen and oxygen atoms in total. The Bertz CT molecular complexity index is 834. The lowest BCUT2D eigenvalue weighted by molar-refractivity contribution is -0.126. The van der Waals surface area contributed by atoms with Crippen LogP contribution < -0.4 is 20.1 Å². The minimum absolute atomic E-state index is 0.141. The molecule has 0 aliphatic carbocycles. The highest BCUT2D eigenvalue weighted by Gasteiger charge is 2.30. The van der Waals surface area contributed by atoms with Gasteiger partial charge >= 0.3 is 0 Å². The number of ether oxygens (including phenoxy) is 2. The van der Waals surface area contributed by atoms with Crippen molar-refractivity contribution in [3.05, 3.63) is 53.6 Å². The molecule has 0 fully saturated rings. The lowest BCUT2D eigenvalue weighted by atomic mass is 9.90. The minimum atomic E-state index is -0.470. The number of carbonyl (C=O) groups is 2. The second-order valence-electron chi connectivity index (χ2n) is 6.09. The SMILES string of the molecule is O=C1CC(C(=O)NCc2ccc3c(c2)OCCO3)c2ccccc2N1. The molecule has 4 rings (SSSR count). The first-order valence-electron chi connectivity index (χ1n) is 8.26. The number of nitrogens with one attached hydrogen (secondary N) is 2. The molecule has 0 radical (unpaired) electrons. The second-order valence-corrected chi connectivity index (χ2v) is 6.09. The van der Waals surface area contributed by atoms with Crippen LogP contribution in [0.1, 0.15) is 23.5 Å². The Morgan fingerprint density at radius 3 is 2.80 bits per heavy atom. The summed E-state index contributed by atoms with van der Waals surface area (Å²) in [5, 5.41) is 5.72. The van der Waals surface area contributed by atoms with Crippen molar-refractivity contribution in [3.63, 3.8) is 0 Å². The first-order valence-corrected chi connectivity index (χ1v) is 8.26. The van der Waals surface area contributed by atoms with Crippen LogP contribution in [0.25, 0.3) is 0 Å². The number of rotatable bonds is 3. The van der Waals surface area contributed by atoms with Crippen LogP contribution in [0, 0.1) is 0 Å². The van der Waals surface area contributed by atoms with Gasteiger partial charge in [-0.3, -0.25) is 9.59 Å². The van der Waals surface area contributed by atoms with Gasteiger partial charge in [0, 0.05) is 18.7 Å². The van der Waals surface area contributed by atoms with Crippen LogP contribution in [-0.4, -0.2) is 25.0 Å². The van der Waals surface area contributed by atoms with Gasteiger partial charge in [-0.15, -0.1) is 0 Å². The topological polar surface area (TPSA) is 76.7 Å². The summed E-state index contributed by atoms with van der Waals surface area (Å²) in [7, 11) is 0. The van der Waals surface area contributed by atoms with Gasteiger partial charge in [0.2, 0.25) is 11.8 Å². The van der Waals surface area contributed by atoms with Gasteiger partial charge in [-0.2, -0.15) is 0 Å². The zero-order valence-corrected chi connectivity index (χ0v) is 13.6. The molecule has 6 heteroatoms. The van der Waals surface area contributed by atoms with Crippen LogP contribution in [0.15, 0.2) is 42.5 Å². The van der Waals surface area contributed by atoms with Crippen molar-refractivity contribution < 1.29 is 19.1 Å². The molecule has 1 atom stereocenters. The summed E-state index contributed by atoms with van der Waals surface area (Å²) < 4.78 is 11.1. The molecule has 0 saturated heterocycles. The Morgan fingerprint density at radius 2 is 1.92 bits per heavy atom. The van der Waals surface area contributed by atoms with Crippen molar-refractivity contribution in [3.8, 4) is 11.5 Å². The highest BCUT2D eigenvalue weighted by Crippen LogP contribution is 2.33. The predicted octanol–water partition coefficient (Wildman–Crippen LogP) is 2.20. The first-order chi connectivity index (χ1) is 12.2. The fourth-order valence-electron chi connectivity index (χ4n) is 3.16. The van der Waals surface area contributed by atoms with E-state index in [1.165, 1.54) is 0 Å². The average Bonchev–Trinajstić information content (AvgIpc) is 2.65. The van der Waals surface area contributed by atoms with E-state index in [4.69, 9.17) is 9.47 Å². The summed E-state index contributed by atoms with van der Waals surface area (Å²) in [5.41, 5.74) is 2.48. The van der Waals surface area contributed by atoms with Gasteiger partial charge < -0.3 is 20.1 Å². The first kappa shape index (κ1) is 15.5. The van der Waals surface area contributed by atoms with E-state index in [0.717, 1.165) is 16.9 Å². The van der Waals surface area contributed by atoms with E-state index < -0.39 is 5.92 Å². The molecule has 2 aliphatic rings. The minimum Gasteiger partial charge on any atom is -0.486 e. The maximum absolute atomic E-state index is 12.6. The molecule has 128 valence electrons. The van der Waals surface area contributed by atoms with Gasteiger partial charge in [0.1, 0.15) is 13.2 Å². The van der Waals surface area contributed by atoms with E-state index in [9.17, 15) is 9.59 Å². The van der Waals surface area contributed by atoms with Crippen LogP contribution >= 0.6 is 0 Å². The van der Waals surface area contributed by atoms with Crippen LogP contribution in [-0.2, 0) is 16.1 Å². The molecule has 2 heterocycles. The van der Waals surface area contributed by atoms with Gasteiger partial charge in [-0.1, -0.05) is 24.3 Å². The van der Waals surface area contributed by atoms with E-state index in [1.807, 2.05) is 42.5 Å². The van der Waals surface area contributed by atoms with Crippen molar-refractivity contribution in [1.29, 1.82) is 0 Å². The summed E-state index contributed by atoms with van der Waals surface area (Å²) in [6.07, 6.45) is 0.157.